The predicted molar refractivity (Wildman–Crippen MR) is 92.2 cm³/mol. The van der Waals surface area contributed by atoms with Gasteiger partial charge in [-0.25, -0.2) is 0 Å². The van der Waals surface area contributed by atoms with Gasteiger partial charge < -0.3 is 9.43 Å². The van der Waals surface area contributed by atoms with Gasteiger partial charge in [-0.05, 0) is 50.8 Å². The first-order valence-electron chi connectivity index (χ1n) is 7.74. The molecule has 1 amide bonds. The Morgan fingerprint density at radius 1 is 1.14 bits per heavy atom. The largest absolute Gasteiger partial charge is 0.455 e. The molecule has 0 saturated carbocycles. The molecule has 1 fully saturated rings. The van der Waals surface area contributed by atoms with Crippen molar-refractivity contribution < 1.29 is 8.91 Å². The average molecular weight is 322 g/mol. The Bertz CT molecular complexity index is 486. The van der Waals surface area contributed by atoms with Crippen molar-refractivity contribution in [2.75, 3.05) is 0 Å². The van der Waals surface area contributed by atoms with Gasteiger partial charge in [-0.2, -0.15) is 0 Å². The summed E-state index contributed by atoms with van der Waals surface area (Å²) < 4.78 is 6.33. The van der Waals surface area contributed by atoms with Crippen LogP contribution in [0.5, 0.6) is 0 Å². The highest BCUT2D eigenvalue weighted by molar-refractivity contribution is 6.86. The summed E-state index contributed by atoms with van der Waals surface area (Å²) in [6.45, 7) is 11.0. The van der Waals surface area contributed by atoms with Gasteiger partial charge in [-0.15, -0.1) is 0 Å². The number of hydrogen-bond donors (Lipinski definition) is 1. The fourth-order valence-electron chi connectivity index (χ4n) is 3.43. The minimum absolute atomic E-state index is 0.0658. The van der Waals surface area contributed by atoms with E-state index in [2.05, 4.69) is 50.6 Å². The van der Waals surface area contributed by atoms with E-state index in [1.165, 1.54) is 0 Å². The first-order valence-corrected chi connectivity index (χ1v) is 14.0. The van der Waals surface area contributed by atoms with E-state index in [0.717, 1.165) is 17.7 Å². The summed E-state index contributed by atoms with van der Waals surface area (Å²) in [4.78, 5) is 12.6. The Kier molecular flexibility index (Phi) is 4.75. The van der Waals surface area contributed by atoms with E-state index in [9.17, 15) is 4.79 Å². The maximum atomic E-state index is 12.6. The summed E-state index contributed by atoms with van der Waals surface area (Å²) in [5, 5.41) is 3.19. The van der Waals surface area contributed by atoms with Crippen molar-refractivity contribution in [3.05, 3.63) is 35.9 Å². The molecule has 1 N–H and O–H groups in total. The molecule has 2 rings (SSSR count). The summed E-state index contributed by atoms with van der Waals surface area (Å²) in [6, 6.07) is 12.1. The molecule has 1 aliphatic rings. The number of carbonyl (C=O) groups is 1. The van der Waals surface area contributed by atoms with Crippen LogP contribution >= 0.6 is 0 Å². The highest BCUT2D eigenvalue weighted by atomic mass is 28.4. The van der Waals surface area contributed by atoms with Gasteiger partial charge in [0.2, 0.25) is 5.91 Å². The molecule has 0 radical (unpaired) electrons. The van der Waals surface area contributed by atoms with E-state index in [0.29, 0.717) is 0 Å². The summed E-state index contributed by atoms with van der Waals surface area (Å²) in [5.41, 5.74) is 1.16. The Morgan fingerprint density at radius 3 is 2.19 bits per heavy atom. The molecule has 0 aliphatic carbocycles. The molecule has 0 aromatic heterocycles. The standard InChI is InChI=1S/C16H27NO2Si2/c1-13(14-9-7-6-8-10-14)17-16(18)15-11-20(2,3)19-21(4,5)12-15/h6-10,13,15H,11-12H2,1-5H3,(H,17,18). The van der Waals surface area contributed by atoms with Crippen molar-refractivity contribution in [3.63, 3.8) is 0 Å². The minimum atomic E-state index is -1.68. The quantitative estimate of drug-likeness (QED) is 0.857. The molecule has 1 saturated heterocycles. The molecule has 116 valence electrons. The number of hydrogen-bond acceptors (Lipinski definition) is 2. The van der Waals surface area contributed by atoms with Crippen molar-refractivity contribution in [1.29, 1.82) is 0 Å². The van der Waals surface area contributed by atoms with Crippen molar-refractivity contribution in [1.82, 2.24) is 5.32 Å². The summed E-state index contributed by atoms with van der Waals surface area (Å²) in [7, 11) is -3.36. The van der Waals surface area contributed by atoms with Gasteiger partial charge >= 0.3 is 0 Å². The van der Waals surface area contributed by atoms with E-state index in [-0.39, 0.29) is 17.9 Å². The lowest BCUT2D eigenvalue weighted by molar-refractivity contribution is -0.124. The molecule has 1 aromatic carbocycles. The molecule has 1 aliphatic heterocycles. The monoisotopic (exact) mass is 321 g/mol. The second-order valence-corrected chi connectivity index (χ2v) is 16.0. The number of nitrogens with one attached hydrogen (secondary N) is 1. The smallest absolute Gasteiger partial charge is 0.223 e. The van der Waals surface area contributed by atoms with Gasteiger partial charge in [0.25, 0.3) is 0 Å². The van der Waals surface area contributed by atoms with Crippen LogP contribution < -0.4 is 5.32 Å². The predicted octanol–water partition coefficient (Wildman–Crippen LogP) is 3.92. The molecule has 1 aromatic rings. The second-order valence-electron chi connectivity index (χ2n) is 7.37. The summed E-state index contributed by atoms with van der Waals surface area (Å²) in [6.07, 6.45) is 0. The highest BCUT2D eigenvalue weighted by Crippen LogP contribution is 2.36. The van der Waals surface area contributed by atoms with Gasteiger partial charge in [-0.3, -0.25) is 4.79 Å². The molecular weight excluding hydrogens is 294 g/mol. The van der Waals surface area contributed by atoms with E-state index < -0.39 is 16.6 Å². The van der Waals surface area contributed by atoms with E-state index in [1.54, 1.807) is 0 Å². The number of benzene rings is 1. The van der Waals surface area contributed by atoms with Gasteiger partial charge in [-0.1, -0.05) is 30.3 Å². The molecule has 1 heterocycles. The van der Waals surface area contributed by atoms with E-state index in [4.69, 9.17) is 4.12 Å². The van der Waals surface area contributed by atoms with Crippen molar-refractivity contribution in [2.24, 2.45) is 5.92 Å². The lowest BCUT2D eigenvalue weighted by Crippen LogP contribution is -2.54. The number of carbonyl (C=O) groups excluding carboxylic acids is 1. The number of rotatable bonds is 3. The lowest BCUT2D eigenvalue weighted by atomic mass is 10.1. The fraction of sp³-hybridized carbons (Fsp3) is 0.562. The highest BCUT2D eigenvalue weighted by Gasteiger charge is 2.44. The van der Waals surface area contributed by atoms with Crippen LogP contribution in [0.1, 0.15) is 18.5 Å². The van der Waals surface area contributed by atoms with Crippen LogP contribution in [0, 0.1) is 5.92 Å². The topological polar surface area (TPSA) is 38.3 Å². The van der Waals surface area contributed by atoms with Crippen LogP contribution in [0.15, 0.2) is 30.3 Å². The second kappa shape index (κ2) is 6.06. The molecule has 1 unspecified atom stereocenters. The maximum absolute atomic E-state index is 12.6. The zero-order chi connectivity index (χ0) is 15.7. The Labute approximate surface area is 130 Å². The number of amides is 1. The molecule has 0 spiro atoms. The molecule has 21 heavy (non-hydrogen) atoms. The normalized spacial score (nSPS) is 22.5. The first-order chi connectivity index (χ1) is 9.69. The third-order valence-corrected chi connectivity index (χ3v) is 11.4. The maximum Gasteiger partial charge on any atom is 0.223 e. The van der Waals surface area contributed by atoms with Crippen LogP contribution in [0.25, 0.3) is 0 Å². The zero-order valence-corrected chi connectivity index (χ0v) is 15.8. The van der Waals surface area contributed by atoms with Gasteiger partial charge in [0.15, 0.2) is 16.6 Å². The molecule has 3 nitrogen and oxygen atoms in total. The average Bonchev–Trinajstić information content (AvgIpc) is 2.36. The van der Waals surface area contributed by atoms with Crippen LogP contribution in [0.2, 0.25) is 38.3 Å². The van der Waals surface area contributed by atoms with E-state index in [1.807, 2.05) is 18.2 Å². The Hall–Kier alpha value is -0.916. The van der Waals surface area contributed by atoms with Crippen LogP contribution in [0.3, 0.4) is 0 Å². The van der Waals surface area contributed by atoms with Gasteiger partial charge in [0.1, 0.15) is 0 Å². The lowest BCUT2D eigenvalue weighted by Gasteiger charge is -2.43. The van der Waals surface area contributed by atoms with Crippen molar-refractivity contribution >= 4 is 22.5 Å². The van der Waals surface area contributed by atoms with Crippen LogP contribution in [0.4, 0.5) is 0 Å². The van der Waals surface area contributed by atoms with Gasteiger partial charge in [0, 0.05) is 5.92 Å². The van der Waals surface area contributed by atoms with Crippen molar-refractivity contribution in [2.45, 2.75) is 51.2 Å². The summed E-state index contributed by atoms with van der Waals surface area (Å²) >= 11 is 0. The van der Waals surface area contributed by atoms with Crippen LogP contribution in [-0.4, -0.2) is 22.5 Å². The summed E-state index contributed by atoms with van der Waals surface area (Å²) in [5.74, 6) is 0.337. The third kappa shape index (κ3) is 4.53. The molecule has 1 atom stereocenters. The van der Waals surface area contributed by atoms with Gasteiger partial charge in [0.05, 0.1) is 6.04 Å². The molecule has 5 heteroatoms. The Balaban J connectivity index is 2.03. The molecular formula is C16H27NO2Si2. The minimum Gasteiger partial charge on any atom is -0.455 e. The molecule has 0 bridgehead atoms. The SMILES string of the molecule is CC(NC(=O)C1C[Si](C)(C)O[Si](C)(C)C1)c1ccccc1. The zero-order valence-electron chi connectivity index (χ0n) is 13.8. The fourth-order valence-corrected chi connectivity index (χ4v) is 13.4. The van der Waals surface area contributed by atoms with Crippen LogP contribution in [-0.2, 0) is 8.91 Å². The Morgan fingerprint density at radius 2 is 1.67 bits per heavy atom. The van der Waals surface area contributed by atoms with Crippen molar-refractivity contribution in [3.8, 4) is 0 Å². The first kappa shape index (κ1) is 16.5. The van der Waals surface area contributed by atoms with E-state index >= 15 is 0 Å². The third-order valence-electron chi connectivity index (χ3n) is 4.06.